The first kappa shape index (κ1) is 22.4. The number of rotatable bonds is 12. The van der Waals surface area contributed by atoms with Crippen molar-refractivity contribution in [1.82, 2.24) is 0 Å². The topological polar surface area (TPSA) is 40.1 Å². The van der Waals surface area contributed by atoms with Crippen LogP contribution in [-0.2, 0) is 4.57 Å². The van der Waals surface area contributed by atoms with E-state index < -0.39 is 8.69 Å². The van der Waals surface area contributed by atoms with Gasteiger partial charge in [-0.05, 0) is 34.4 Å². The quantitative estimate of drug-likeness (QED) is 0.403. The Hall–Kier alpha value is 0.150. The summed E-state index contributed by atoms with van der Waals surface area (Å²) in [5, 5.41) is 0. The normalized spacial score (nSPS) is 11.7. The van der Waals surface area contributed by atoms with Gasteiger partial charge in [0.15, 0.2) is 0 Å². The van der Waals surface area contributed by atoms with Crippen LogP contribution in [0.1, 0.15) is 79.1 Å². The Labute approximate surface area is 128 Å². The smallest absolute Gasteiger partial charge is 0.0786 e. The Morgan fingerprint density at radius 1 is 0.700 bits per heavy atom. The second-order valence-corrected chi connectivity index (χ2v) is 5.94. The average molecular weight is 307 g/mol. The number of hydrogen-bond donors (Lipinski definition) is 0. The van der Waals surface area contributed by atoms with Crippen molar-refractivity contribution in [2.24, 2.45) is 0 Å². The Morgan fingerprint density at radius 2 is 0.900 bits per heavy atom. The van der Waals surface area contributed by atoms with Gasteiger partial charge in [0.2, 0.25) is 0 Å². The van der Waals surface area contributed by atoms with Crippen molar-refractivity contribution in [3.63, 3.8) is 0 Å². The fourth-order valence-electron chi connectivity index (χ4n) is 2.64. The fraction of sp³-hybridized carbons (Fsp3) is 1.00. The summed E-state index contributed by atoms with van der Waals surface area (Å²) in [6, 6.07) is 0. The molecule has 0 N–H and O–H groups in total. The first-order chi connectivity index (χ1) is 9.66. The van der Waals surface area contributed by atoms with Crippen molar-refractivity contribution >= 4 is 8.69 Å². The predicted octanol–water partition coefficient (Wildman–Crippen LogP) is 4.02. The summed E-state index contributed by atoms with van der Waals surface area (Å²) in [5.41, 5.74) is 0. The van der Waals surface area contributed by atoms with E-state index in [0.29, 0.717) is 0 Å². The molecule has 0 saturated carbocycles. The van der Waals surface area contributed by atoms with Crippen molar-refractivity contribution in [3.8, 4) is 0 Å². The lowest BCUT2D eigenvalue weighted by Gasteiger charge is -2.39. The largest absolute Gasteiger partial charge is 0.804 e. The molecule has 0 heterocycles. The molecule has 3 nitrogen and oxygen atoms in total. The highest BCUT2D eigenvalue weighted by atomic mass is 31.1. The molecule has 0 fully saturated rings. The van der Waals surface area contributed by atoms with Crippen molar-refractivity contribution in [2.75, 3.05) is 26.2 Å². The first-order valence-electron chi connectivity index (χ1n) is 8.56. The Balaban J connectivity index is 0. The summed E-state index contributed by atoms with van der Waals surface area (Å²) >= 11 is 0. The lowest BCUT2D eigenvalue weighted by atomic mass is 10.1. The van der Waals surface area contributed by atoms with Gasteiger partial charge in [0.1, 0.15) is 0 Å². The molecule has 0 aromatic rings. The van der Waals surface area contributed by atoms with Gasteiger partial charge in [-0.15, -0.1) is 0 Å². The van der Waals surface area contributed by atoms with E-state index in [2.05, 4.69) is 27.7 Å². The zero-order valence-electron chi connectivity index (χ0n) is 14.3. The molecular weight excluding hydrogens is 269 g/mol. The summed E-state index contributed by atoms with van der Waals surface area (Å²) in [5.74, 6) is 0. The second kappa shape index (κ2) is 17.2. The van der Waals surface area contributed by atoms with Gasteiger partial charge in [-0.25, -0.2) is 0 Å². The maximum Gasteiger partial charge on any atom is 0.0786 e. The van der Waals surface area contributed by atoms with Gasteiger partial charge in [0, 0.05) is 0 Å². The van der Waals surface area contributed by atoms with E-state index in [4.69, 9.17) is 9.46 Å². The van der Waals surface area contributed by atoms with Gasteiger partial charge < -0.3 is 13.9 Å². The van der Waals surface area contributed by atoms with E-state index in [-0.39, 0.29) is 0 Å². The summed E-state index contributed by atoms with van der Waals surface area (Å²) in [4.78, 5) is 8.46. The third kappa shape index (κ3) is 13.1. The Kier molecular flexibility index (Phi) is 19.3. The number of quaternary nitrogens is 1. The van der Waals surface area contributed by atoms with Crippen molar-refractivity contribution < 1.29 is 13.9 Å². The minimum absolute atomic E-state index is 1.35. The van der Waals surface area contributed by atoms with Crippen LogP contribution in [0.2, 0.25) is 0 Å². The monoisotopic (exact) mass is 307 g/mol. The minimum Gasteiger partial charge on any atom is -0.804 e. The molecule has 0 rings (SSSR count). The molecule has 4 heteroatoms. The molecule has 1 unspecified atom stereocenters. The zero-order valence-corrected chi connectivity index (χ0v) is 15.5. The highest BCUT2D eigenvalue weighted by Crippen LogP contribution is 2.16. The third-order valence-corrected chi connectivity index (χ3v) is 3.94. The molecule has 20 heavy (non-hydrogen) atoms. The second-order valence-electron chi connectivity index (χ2n) is 5.75. The van der Waals surface area contributed by atoms with E-state index in [1.807, 2.05) is 0 Å². The highest BCUT2D eigenvalue weighted by Gasteiger charge is 2.24. The van der Waals surface area contributed by atoms with Crippen LogP contribution in [0.5, 0.6) is 0 Å². The van der Waals surface area contributed by atoms with Crippen LogP contribution in [0.4, 0.5) is 0 Å². The molecule has 0 spiro atoms. The maximum atomic E-state index is 8.46. The van der Waals surface area contributed by atoms with Crippen molar-refractivity contribution in [3.05, 3.63) is 0 Å². The van der Waals surface area contributed by atoms with Gasteiger partial charge in [-0.3, -0.25) is 0 Å². The molecule has 0 aliphatic heterocycles. The summed E-state index contributed by atoms with van der Waals surface area (Å²) in [6.45, 7) is 15.0. The van der Waals surface area contributed by atoms with E-state index in [1.54, 1.807) is 0 Å². The van der Waals surface area contributed by atoms with E-state index in [1.165, 1.54) is 82.0 Å². The van der Waals surface area contributed by atoms with Crippen LogP contribution in [0.25, 0.3) is 0 Å². The molecule has 124 valence electrons. The standard InChI is InChI=1S/C16H36N.H3O2P/c1-5-9-13-17(14-10-6-2,15-11-7-3)16-12-8-4;1-3-2/h5-16H2,1-4H3;3H2,(H,1,2)/q+1;/p-1. The van der Waals surface area contributed by atoms with Crippen LogP contribution in [0.15, 0.2) is 0 Å². The van der Waals surface area contributed by atoms with Crippen LogP contribution in [-0.4, -0.2) is 30.7 Å². The van der Waals surface area contributed by atoms with Gasteiger partial charge >= 0.3 is 0 Å². The number of nitrogens with zero attached hydrogens (tertiary/aromatic N) is 1. The Bertz CT molecular complexity index is 163. The predicted molar refractivity (Wildman–Crippen MR) is 89.8 cm³/mol. The van der Waals surface area contributed by atoms with Gasteiger partial charge in [0.05, 0.1) is 26.2 Å². The molecule has 0 amide bonds. The zero-order chi connectivity index (χ0) is 15.7. The van der Waals surface area contributed by atoms with Gasteiger partial charge in [-0.2, -0.15) is 0 Å². The summed E-state index contributed by atoms with van der Waals surface area (Å²) in [6.07, 6.45) is 11.1. The maximum absolute atomic E-state index is 8.46. The van der Waals surface area contributed by atoms with E-state index in [9.17, 15) is 0 Å². The molecular formula is C16H38NO2P. The summed E-state index contributed by atoms with van der Waals surface area (Å²) < 4.78 is 9.88. The minimum atomic E-state index is -1.75. The number of hydrogen-bond acceptors (Lipinski definition) is 2. The third-order valence-electron chi connectivity index (χ3n) is 3.94. The SMILES string of the molecule is CCCC[N+](CCCC)(CCCC)CCCC.O=[PH2][O-]. The first-order valence-corrected chi connectivity index (χ1v) is 9.51. The van der Waals surface area contributed by atoms with E-state index in [0.717, 1.165) is 0 Å². The van der Waals surface area contributed by atoms with Crippen LogP contribution >= 0.6 is 8.69 Å². The van der Waals surface area contributed by atoms with Crippen LogP contribution in [0, 0.1) is 0 Å². The summed E-state index contributed by atoms with van der Waals surface area (Å²) in [7, 11) is -1.75. The van der Waals surface area contributed by atoms with Crippen molar-refractivity contribution in [1.29, 1.82) is 0 Å². The average Bonchev–Trinajstić information content (AvgIpc) is 2.46. The highest BCUT2D eigenvalue weighted by molar-refractivity contribution is 7.14. The molecule has 0 aromatic heterocycles. The molecule has 0 radical (unpaired) electrons. The molecule has 0 saturated heterocycles. The fourth-order valence-corrected chi connectivity index (χ4v) is 2.64. The molecule has 0 aliphatic rings. The lowest BCUT2D eigenvalue weighted by Crippen LogP contribution is -2.50. The van der Waals surface area contributed by atoms with Gasteiger partial charge in [-0.1, -0.05) is 53.4 Å². The molecule has 1 atom stereocenters. The molecule has 0 aliphatic carbocycles. The molecule has 0 aromatic carbocycles. The molecule has 0 bridgehead atoms. The van der Waals surface area contributed by atoms with Crippen molar-refractivity contribution in [2.45, 2.75) is 79.1 Å². The lowest BCUT2D eigenvalue weighted by molar-refractivity contribution is -0.929. The Morgan fingerprint density at radius 3 is 1.05 bits per heavy atom. The number of unbranched alkanes of at least 4 members (excludes halogenated alkanes) is 4. The van der Waals surface area contributed by atoms with Gasteiger partial charge in [0.25, 0.3) is 0 Å². The van der Waals surface area contributed by atoms with Crippen LogP contribution in [0.3, 0.4) is 0 Å². The van der Waals surface area contributed by atoms with Crippen LogP contribution < -0.4 is 4.89 Å². The van der Waals surface area contributed by atoms with E-state index >= 15 is 0 Å².